The van der Waals surface area contributed by atoms with E-state index in [0.29, 0.717) is 25.1 Å². The van der Waals surface area contributed by atoms with Crippen LogP contribution in [0.2, 0.25) is 0 Å². The highest BCUT2D eigenvalue weighted by atomic mass is 32.2. The second-order valence-electron chi connectivity index (χ2n) is 4.40. The monoisotopic (exact) mass is 250 g/mol. The SMILES string of the molecule is COC1CCCC(NCCCS(N)(=O)=O)C1. The number of hydrogen-bond donors (Lipinski definition) is 2. The Labute approximate surface area is 97.8 Å². The first-order valence-corrected chi connectivity index (χ1v) is 7.49. The van der Waals surface area contributed by atoms with Crippen molar-refractivity contribution in [2.24, 2.45) is 5.14 Å². The van der Waals surface area contributed by atoms with Crippen molar-refractivity contribution in [2.75, 3.05) is 19.4 Å². The van der Waals surface area contributed by atoms with Gasteiger partial charge in [-0.05, 0) is 38.6 Å². The van der Waals surface area contributed by atoms with Crippen LogP contribution in [0.3, 0.4) is 0 Å². The molecule has 1 saturated carbocycles. The average molecular weight is 250 g/mol. The largest absolute Gasteiger partial charge is 0.381 e. The molecule has 3 N–H and O–H groups in total. The summed E-state index contributed by atoms with van der Waals surface area (Å²) >= 11 is 0. The van der Waals surface area contributed by atoms with Gasteiger partial charge in [0.15, 0.2) is 0 Å². The van der Waals surface area contributed by atoms with Crippen LogP contribution in [0.15, 0.2) is 0 Å². The lowest BCUT2D eigenvalue weighted by Gasteiger charge is -2.28. The van der Waals surface area contributed by atoms with Gasteiger partial charge in [-0.1, -0.05) is 0 Å². The maximum absolute atomic E-state index is 10.7. The highest BCUT2D eigenvalue weighted by molar-refractivity contribution is 7.89. The molecular formula is C10H22N2O3S. The van der Waals surface area contributed by atoms with Crippen molar-refractivity contribution in [1.29, 1.82) is 0 Å². The van der Waals surface area contributed by atoms with Crippen LogP contribution in [0.1, 0.15) is 32.1 Å². The molecule has 2 unspecified atom stereocenters. The standard InChI is InChI=1S/C10H22N2O3S/c1-15-10-5-2-4-9(8-10)12-6-3-7-16(11,13)14/h9-10,12H,2-8H2,1H3,(H2,11,13,14). The maximum Gasteiger partial charge on any atom is 0.209 e. The molecule has 0 saturated heterocycles. The molecule has 0 bridgehead atoms. The molecule has 1 aliphatic rings. The van der Waals surface area contributed by atoms with E-state index in [4.69, 9.17) is 9.88 Å². The lowest BCUT2D eigenvalue weighted by molar-refractivity contribution is 0.0590. The molecule has 0 aromatic heterocycles. The van der Waals surface area contributed by atoms with Crippen molar-refractivity contribution in [1.82, 2.24) is 5.32 Å². The van der Waals surface area contributed by atoms with Crippen molar-refractivity contribution in [3.63, 3.8) is 0 Å². The molecule has 0 aliphatic heterocycles. The molecule has 2 atom stereocenters. The Bertz CT molecular complexity index is 292. The number of rotatable bonds is 6. The molecule has 0 heterocycles. The van der Waals surface area contributed by atoms with E-state index in [2.05, 4.69) is 5.32 Å². The van der Waals surface area contributed by atoms with Crippen LogP contribution in [0, 0.1) is 0 Å². The van der Waals surface area contributed by atoms with Crippen LogP contribution in [0.5, 0.6) is 0 Å². The van der Waals surface area contributed by atoms with E-state index in [0.717, 1.165) is 19.3 Å². The lowest BCUT2D eigenvalue weighted by Crippen LogP contribution is -2.37. The number of methoxy groups -OCH3 is 1. The number of hydrogen-bond acceptors (Lipinski definition) is 4. The van der Waals surface area contributed by atoms with Gasteiger partial charge in [0.2, 0.25) is 10.0 Å². The van der Waals surface area contributed by atoms with E-state index in [1.165, 1.54) is 6.42 Å². The van der Waals surface area contributed by atoms with Crippen LogP contribution in [0.25, 0.3) is 0 Å². The molecule has 0 aromatic carbocycles. The van der Waals surface area contributed by atoms with E-state index in [9.17, 15) is 8.42 Å². The van der Waals surface area contributed by atoms with Gasteiger partial charge in [-0.25, -0.2) is 13.6 Å². The first kappa shape index (κ1) is 13.9. The topological polar surface area (TPSA) is 81.4 Å². The highest BCUT2D eigenvalue weighted by Gasteiger charge is 2.20. The zero-order chi connectivity index (χ0) is 12.0. The molecule has 5 nitrogen and oxygen atoms in total. The summed E-state index contributed by atoms with van der Waals surface area (Å²) in [5.74, 6) is 0.0560. The van der Waals surface area contributed by atoms with Crippen LogP contribution in [0.4, 0.5) is 0 Å². The van der Waals surface area contributed by atoms with Crippen molar-refractivity contribution >= 4 is 10.0 Å². The molecule has 0 spiro atoms. The Morgan fingerprint density at radius 2 is 2.19 bits per heavy atom. The smallest absolute Gasteiger partial charge is 0.209 e. The molecule has 1 fully saturated rings. The molecule has 0 radical (unpaired) electrons. The summed E-state index contributed by atoms with van der Waals surface area (Å²) in [6.07, 6.45) is 5.40. The van der Waals surface area contributed by atoms with E-state index >= 15 is 0 Å². The fourth-order valence-electron chi connectivity index (χ4n) is 2.12. The van der Waals surface area contributed by atoms with Gasteiger partial charge < -0.3 is 10.1 Å². The average Bonchev–Trinajstić information content (AvgIpc) is 2.23. The van der Waals surface area contributed by atoms with Crippen molar-refractivity contribution < 1.29 is 13.2 Å². The third-order valence-corrected chi connectivity index (χ3v) is 3.86. The number of nitrogens with two attached hydrogens (primary N) is 1. The van der Waals surface area contributed by atoms with Crippen LogP contribution in [-0.4, -0.2) is 40.0 Å². The molecule has 1 rings (SSSR count). The zero-order valence-electron chi connectivity index (χ0n) is 9.81. The minimum absolute atomic E-state index is 0.0560. The van der Waals surface area contributed by atoms with Gasteiger partial charge in [0.25, 0.3) is 0 Å². The van der Waals surface area contributed by atoms with Gasteiger partial charge >= 0.3 is 0 Å². The van der Waals surface area contributed by atoms with Crippen LogP contribution >= 0.6 is 0 Å². The Kier molecular flexibility index (Phi) is 5.68. The summed E-state index contributed by atoms with van der Waals surface area (Å²) in [6, 6.07) is 0.458. The fourth-order valence-corrected chi connectivity index (χ4v) is 2.67. The second kappa shape index (κ2) is 6.54. The van der Waals surface area contributed by atoms with E-state index in [-0.39, 0.29) is 5.75 Å². The number of nitrogens with one attached hydrogen (secondary N) is 1. The molecule has 1 aliphatic carbocycles. The second-order valence-corrected chi connectivity index (χ2v) is 6.13. The van der Waals surface area contributed by atoms with Gasteiger partial charge in [-0.3, -0.25) is 0 Å². The zero-order valence-corrected chi connectivity index (χ0v) is 10.6. The Morgan fingerprint density at radius 3 is 2.81 bits per heavy atom. The highest BCUT2D eigenvalue weighted by Crippen LogP contribution is 2.20. The molecule has 0 amide bonds. The maximum atomic E-state index is 10.7. The molecule has 16 heavy (non-hydrogen) atoms. The fraction of sp³-hybridized carbons (Fsp3) is 1.00. The van der Waals surface area contributed by atoms with Gasteiger partial charge in [0, 0.05) is 13.2 Å². The van der Waals surface area contributed by atoms with E-state index in [1.54, 1.807) is 7.11 Å². The quantitative estimate of drug-likeness (QED) is 0.660. The van der Waals surface area contributed by atoms with Crippen molar-refractivity contribution in [3.8, 4) is 0 Å². The first-order chi connectivity index (χ1) is 7.51. The van der Waals surface area contributed by atoms with E-state index in [1.807, 2.05) is 0 Å². The number of ether oxygens (including phenoxy) is 1. The van der Waals surface area contributed by atoms with Crippen LogP contribution in [-0.2, 0) is 14.8 Å². The minimum Gasteiger partial charge on any atom is -0.381 e. The minimum atomic E-state index is -3.31. The van der Waals surface area contributed by atoms with Gasteiger partial charge in [-0.15, -0.1) is 0 Å². The molecule has 6 heteroatoms. The Hall–Kier alpha value is -0.170. The lowest BCUT2D eigenvalue weighted by atomic mass is 9.93. The molecule has 0 aromatic rings. The first-order valence-electron chi connectivity index (χ1n) is 5.78. The number of primary sulfonamides is 1. The normalized spacial score (nSPS) is 26.9. The summed E-state index contributed by atoms with van der Waals surface area (Å²) in [4.78, 5) is 0. The summed E-state index contributed by atoms with van der Waals surface area (Å²) in [5, 5.41) is 8.28. The molecular weight excluding hydrogens is 228 g/mol. The Morgan fingerprint density at radius 1 is 1.44 bits per heavy atom. The number of sulfonamides is 1. The third kappa shape index (κ3) is 5.79. The van der Waals surface area contributed by atoms with Gasteiger partial charge in [0.1, 0.15) is 0 Å². The van der Waals surface area contributed by atoms with Crippen molar-refractivity contribution in [2.45, 2.75) is 44.2 Å². The Balaban J connectivity index is 2.13. The van der Waals surface area contributed by atoms with E-state index < -0.39 is 10.0 Å². The van der Waals surface area contributed by atoms with Crippen LogP contribution < -0.4 is 10.5 Å². The summed E-state index contributed by atoms with van der Waals surface area (Å²) in [6.45, 7) is 0.706. The van der Waals surface area contributed by atoms with Crippen molar-refractivity contribution in [3.05, 3.63) is 0 Å². The van der Waals surface area contributed by atoms with Gasteiger partial charge in [-0.2, -0.15) is 0 Å². The predicted molar refractivity (Wildman–Crippen MR) is 63.6 cm³/mol. The molecule has 96 valence electrons. The predicted octanol–water partition coefficient (Wildman–Crippen LogP) is 0.212. The third-order valence-electron chi connectivity index (χ3n) is 3.00. The van der Waals surface area contributed by atoms with Gasteiger partial charge in [0.05, 0.1) is 11.9 Å². The summed E-state index contributed by atoms with van der Waals surface area (Å²) in [5.41, 5.74) is 0. The summed E-state index contributed by atoms with van der Waals surface area (Å²) < 4.78 is 26.7. The summed E-state index contributed by atoms with van der Waals surface area (Å²) in [7, 11) is -1.56.